The van der Waals surface area contributed by atoms with Crippen molar-refractivity contribution in [2.24, 2.45) is 0 Å². The van der Waals surface area contributed by atoms with Crippen LogP contribution in [0.4, 0.5) is 0 Å². The lowest BCUT2D eigenvalue weighted by molar-refractivity contribution is -0.703. The summed E-state index contributed by atoms with van der Waals surface area (Å²) < 4.78 is 7.17. The molecule has 0 aliphatic rings. The molecule has 1 heterocycles. The van der Waals surface area contributed by atoms with Gasteiger partial charge in [-0.05, 0) is 12.8 Å². The molecule has 82 valence electrons. The summed E-state index contributed by atoms with van der Waals surface area (Å²) in [7, 11) is 1.72. The van der Waals surface area contributed by atoms with E-state index in [1.807, 2.05) is 12.4 Å². The van der Waals surface area contributed by atoms with Crippen LogP contribution in [0, 0.1) is 11.3 Å². The zero-order chi connectivity index (χ0) is 10.9. The summed E-state index contributed by atoms with van der Waals surface area (Å²) in [5.74, 6) is 1.13. The zero-order valence-electron chi connectivity index (χ0n) is 9.20. The Bertz CT molecular complexity index is 314. The van der Waals surface area contributed by atoms with Crippen LogP contribution < -0.4 is 4.57 Å². The van der Waals surface area contributed by atoms with E-state index in [-0.39, 0.29) is 0 Å². The quantitative estimate of drug-likeness (QED) is 0.540. The summed E-state index contributed by atoms with van der Waals surface area (Å²) in [6.45, 7) is 1.81. The molecule has 15 heavy (non-hydrogen) atoms. The lowest BCUT2D eigenvalue weighted by atomic mass is 10.3. The zero-order valence-corrected chi connectivity index (χ0v) is 9.20. The van der Waals surface area contributed by atoms with Crippen LogP contribution in [0.1, 0.15) is 25.1 Å². The molecule has 0 saturated carbocycles. The van der Waals surface area contributed by atoms with Gasteiger partial charge in [0, 0.05) is 20.1 Å². The van der Waals surface area contributed by atoms with Crippen LogP contribution in [-0.2, 0) is 17.7 Å². The van der Waals surface area contributed by atoms with Crippen LogP contribution in [0.3, 0.4) is 0 Å². The van der Waals surface area contributed by atoms with Gasteiger partial charge in [0.25, 0.3) is 5.82 Å². The Balaban J connectivity index is 2.33. The van der Waals surface area contributed by atoms with E-state index < -0.39 is 0 Å². The first-order chi connectivity index (χ1) is 7.38. The Labute approximate surface area is 90.5 Å². The number of rotatable bonds is 7. The van der Waals surface area contributed by atoms with Crippen molar-refractivity contribution in [3.8, 4) is 6.07 Å². The van der Waals surface area contributed by atoms with Crippen molar-refractivity contribution < 1.29 is 9.30 Å². The first-order valence-corrected chi connectivity index (χ1v) is 5.30. The van der Waals surface area contributed by atoms with Gasteiger partial charge >= 0.3 is 0 Å². The molecule has 1 rings (SSSR count). The number of hydrogen-bond acceptors (Lipinski definition) is 2. The molecule has 1 aromatic heterocycles. The molecular weight excluding hydrogens is 190 g/mol. The van der Waals surface area contributed by atoms with Crippen molar-refractivity contribution >= 4 is 0 Å². The van der Waals surface area contributed by atoms with E-state index in [0.29, 0.717) is 6.42 Å². The van der Waals surface area contributed by atoms with Gasteiger partial charge in [-0.15, -0.1) is 0 Å². The number of imidazole rings is 1. The van der Waals surface area contributed by atoms with E-state index in [9.17, 15) is 0 Å². The lowest BCUT2D eigenvalue weighted by Crippen LogP contribution is -2.36. The van der Waals surface area contributed by atoms with Crippen LogP contribution >= 0.6 is 0 Å². The summed E-state index contributed by atoms with van der Waals surface area (Å²) in [6, 6.07) is 2.16. The first-order valence-electron chi connectivity index (χ1n) is 5.30. The number of nitriles is 1. The predicted octanol–water partition coefficient (Wildman–Crippen LogP) is 1.18. The molecule has 0 bridgehead atoms. The largest absolute Gasteiger partial charge is 0.385 e. The number of nitrogens with zero attached hydrogens (tertiary/aromatic N) is 2. The van der Waals surface area contributed by atoms with Crippen molar-refractivity contribution in [1.29, 1.82) is 5.26 Å². The van der Waals surface area contributed by atoms with E-state index in [4.69, 9.17) is 10.00 Å². The highest BCUT2D eigenvalue weighted by atomic mass is 16.5. The van der Waals surface area contributed by atoms with Crippen molar-refractivity contribution in [2.75, 3.05) is 13.7 Å². The van der Waals surface area contributed by atoms with E-state index in [1.165, 1.54) is 0 Å². The Morgan fingerprint density at radius 3 is 3.13 bits per heavy atom. The molecule has 0 aliphatic carbocycles. The average molecular weight is 208 g/mol. The fourth-order valence-corrected chi connectivity index (χ4v) is 1.52. The Kier molecular flexibility index (Phi) is 5.49. The number of unbranched alkanes of at least 4 members (excludes halogenated alkanes) is 1. The number of methoxy groups -OCH3 is 1. The highest BCUT2D eigenvalue weighted by Crippen LogP contribution is 1.95. The van der Waals surface area contributed by atoms with Crippen LogP contribution in [0.2, 0.25) is 0 Å². The van der Waals surface area contributed by atoms with Crippen LogP contribution in [0.15, 0.2) is 12.4 Å². The maximum atomic E-state index is 8.51. The number of nitrogens with one attached hydrogen (secondary N) is 1. The van der Waals surface area contributed by atoms with E-state index in [0.717, 1.165) is 38.2 Å². The van der Waals surface area contributed by atoms with Gasteiger partial charge in [0.15, 0.2) is 0 Å². The van der Waals surface area contributed by atoms with Gasteiger partial charge in [0.05, 0.1) is 19.0 Å². The van der Waals surface area contributed by atoms with Gasteiger partial charge < -0.3 is 4.74 Å². The van der Waals surface area contributed by atoms with Gasteiger partial charge in [-0.25, -0.2) is 9.55 Å². The van der Waals surface area contributed by atoms with Crippen molar-refractivity contribution in [2.45, 2.75) is 32.2 Å². The monoisotopic (exact) mass is 208 g/mol. The molecule has 1 N–H and O–H groups in total. The molecule has 0 saturated heterocycles. The topological polar surface area (TPSA) is 52.7 Å². The molecule has 0 atom stereocenters. The molecular formula is C11H18N3O+. The number of aryl methyl sites for hydroxylation is 2. The highest BCUT2D eigenvalue weighted by molar-refractivity contribution is 4.82. The summed E-state index contributed by atoms with van der Waals surface area (Å²) in [4.78, 5) is 3.16. The summed E-state index contributed by atoms with van der Waals surface area (Å²) in [6.07, 6.45) is 7.50. The van der Waals surface area contributed by atoms with Gasteiger partial charge in [0.1, 0.15) is 12.4 Å². The predicted molar refractivity (Wildman–Crippen MR) is 56.0 cm³/mol. The van der Waals surface area contributed by atoms with Gasteiger partial charge in [0.2, 0.25) is 0 Å². The molecule has 0 amide bonds. The molecule has 0 spiro atoms. The molecule has 0 aliphatic heterocycles. The third-order valence-corrected chi connectivity index (χ3v) is 2.32. The molecule has 0 aromatic carbocycles. The maximum absolute atomic E-state index is 8.51. The molecule has 0 radical (unpaired) electrons. The van der Waals surface area contributed by atoms with Crippen LogP contribution in [-0.4, -0.2) is 18.7 Å². The minimum atomic E-state index is 0.568. The SMILES string of the molecule is COCCCC[n+]1cc[nH]c1CCC#N. The van der Waals surface area contributed by atoms with Crippen molar-refractivity contribution in [3.63, 3.8) is 0 Å². The van der Waals surface area contributed by atoms with Crippen LogP contribution in [0.25, 0.3) is 0 Å². The third kappa shape index (κ3) is 4.13. The maximum Gasteiger partial charge on any atom is 0.255 e. The Morgan fingerprint density at radius 1 is 1.53 bits per heavy atom. The van der Waals surface area contributed by atoms with Gasteiger partial charge in [-0.2, -0.15) is 5.26 Å². The molecule has 4 nitrogen and oxygen atoms in total. The van der Waals surface area contributed by atoms with Gasteiger partial charge in [-0.3, -0.25) is 0 Å². The molecule has 0 unspecified atom stereocenters. The van der Waals surface area contributed by atoms with Crippen LogP contribution in [0.5, 0.6) is 0 Å². The summed E-state index contributed by atoms with van der Waals surface area (Å²) >= 11 is 0. The number of hydrogen-bond donors (Lipinski definition) is 1. The number of H-pyrrole nitrogens is 1. The molecule has 0 fully saturated rings. The number of ether oxygens (including phenoxy) is 1. The lowest BCUT2D eigenvalue weighted by Gasteiger charge is -1.99. The fourth-order valence-electron chi connectivity index (χ4n) is 1.52. The number of aromatic amines is 1. The second-order valence-electron chi connectivity index (χ2n) is 3.46. The fraction of sp³-hybridized carbons (Fsp3) is 0.636. The summed E-state index contributed by atoms with van der Waals surface area (Å²) in [5.41, 5.74) is 0. The Morgan fingerprint density at radius 2 is 2.40 bits per heavy atom. The highest BCUT2D eigenvalue weighted by Gasteiger charge is 2.08. The van der Waals surface area contributed by atoms with E-state index in [2.05, 4.69) is 15.6 Å². The summed E-state index contributed by atoms with van der Waals surface area (Å²) in [5, 5.41) is 8.51. The number of aromatic nitrogens is 2. The average Bonchev–Trinajstić information content (AvgIpc) is 2.69. The molecule has 1 aromatic rings. The van der Waals surface area contributed by atoms with Crippen molar-refractivity contribution in [3.05, 3.63) is 18.2 Å². The normalized spacial score (nSPS) is 10.1. The second kappa shape index (κ2) is 7.02. The molecule has 4 heteroatoms. The Hall–Kier alpha value is -1.34. The standard InChI is InChI=1S/C11H17N3O/c1-15-10-3-2-8-14-9-7-13-11(14)5-4-6-12/h7,9H,2-5,8,10H2,1H3/p+1. The first kappa shape index (κ1) is 11.7. The van der Waals surface area contributed by atoms with E-state index >= 15 is 0 Å². The smallest absolute Gasteiger partial charge is 0.255 e. The minimum absolute atomic E-state index is 0.568. The minimum Gasteiger partial charge on any atom is -0.385 e. The second-order valence-corrected chi connectivity index (χ2v) is 3.46. The van der Waals surface area contributed by atoms with E-state index in [1.54, 1.807) is 7.11 Å². The third-order valence-electron chi connectivity index (χ3n) is 2.32. The van der Waals surface area contributed by atoms with Crippen molar-refractivity contribution in [1.82, 2.24) is 4.98 Å². The van der Waals surface area contributed by atoms with Gasteiger partial charge in [-0.1, -0.05) is 0 Å².